The molecule has 0 saturated heterocycles. The van der Waals surface area contributed by atoms with Crippen molar-refractivity contribution < 1.29 is 13.3 Å². The molecular formula is C27H51ClO3Si. The van der Waals surface area contributed by atoms with Crippen molar-refractivity contribution in [2.75, 3.05) is 5.88 Å². The number of hydrogen-bond donors (Lipinski definition) is 0. The maximum atomic E-state index is 7.10. The van der Waals surface area contributed by atoms with Gasteiger partial charge in [-0.2, -0.15) is 0 Å². The van der Waals surface area contributed by atoms with Gasteiger partial charge in [-0.25, -0.2) is 0 Å². The van der Waals surface area contributed by atoms with Crippen molar-refractivity contribution in [1.29, 1.82) is 0 Å². The van der Waals surface area contributed by atoms with Gasteiger partial charge in [-0.3, -0.25) is 0 Å². The van der Waals surface area contributed by atoms with Crippen LogP contribution in [0.5, 0.6) is 0 Å². The maximum Gasteiger partial charge on any atom is 0.501 e. The van der Waals surface area contributed by atoms with Crippen LogP contribution >= 0.6 is 11.6 Å². The molecule has 32 heavy (non-hydrogen) atoms. The summed E-state index contributed by atoms with van der Waals surface area (Å²) >= 11 is 6.23. The molecule has 0 N–H and O–H groups in total. The Labute approximate surface area is 205 Å². The molecule has 3 fully saturated rings. The van der Waals surface area contributed by atoms with E-state index in [1.165, 1.54) is 135 Å². The van der Waals surface area contributed by atoms with Crippen molar-refractivity contribution >= 4 is 20.4 Å². The average Bonchev–Trinajstić information content (AvgIpc) is 2.72. The van der Waals surface area contributed by atoms with Gasteiger partial charge in [0.05, 0.1) is 0 Å². The third-order valence-corrected chi connectivity index (χ3v) is 11.1. The SMILES string of the molecule is ClCCC[Si](OC1CCCCCCC1)(OC1CCCCCCC1)OC1CCCCCCC1. The Kier molecular flexibility index (Phi) is 13.6. The Balaban J connectivity index is 1.75. The van der Waals surface area contributed by atoms with Gasteiger partial charge in [0.2, 0.25) is 0 Å². The Morgan fingerprint density at radius 3 is 1.03 bits per heavy atom. The maximum absolute atomic E-state index is 7.10. The summed E-state index contributed by atoms with van der Waals surface area (Å²) < 4.78 is 21.3. The zero-order valence-corrected chi connectivity index (χ0v) is 22.6. The number of halogens is 1. The van der Waals surface area contributed by atoms with Crippen molar-refractivity contribution in [3.63, 3.8) is 0 Å². The van der Waals surface area contributed by atoms with E-state index in [2.05, 4.69) is 0 Å². The van der Waals surface area contributed by atoms with E-state index in [-0.39, 0.29) is 0 Å². The fourth-order valence-electron chi connectivity index (χ4n) is 5.91. The van der Waals surface area contributed by atoms with E-state index < -0.39 is 8.80 Å². The van der Waals surface area contributed by atoms with E-state index in [0.29, 0.717) is 24.2 Å². The minimum atomic E-state index is -2.78. The predicted octanol–water partition coefficient (Wildman–Crippen LogP) is 8.94. The lowest BCUT2D eigenvalue weighted by Crippen LogP contribution is -2.53. The summed E-state index contributed by atoms with van der Waals surface area (Å²) in [5.41, 5.74) is 0. The summed E-state index contributed by atoms with van der Waals surface area (Å²) in [6, 6.07) is 0.903. The van der Waals surface area contributed by atoms with E-state index >= 15 is 0 Å². The van der Waals surface area contributed by atoms with Gasteiger partial charge >= 0.3 is 8.80 Å². The monoisotopic (exact) mass is 486 g/mol. The van der Waals surface area contributed by atoms with Gasteiger partial charge in [0.25, 0.3) is 0 Å². The molecule has 3 aliphatic rings. The van der Waals surface area contributed by atoms with Gasteiger partial charge in [0, 0.05) is 30.2 Å². The van der Waals surface area contributed by atoms with E-state index in [4.69, 9.17) is 24.9 Å². The number of rotatable bonds is 9. The molecule has 0 aromatic rings. The molecule has 0 bridgehead atoms. The highest BCUT2D eigenvalue weighted by Gasteiger charge is 2.46. The molecule has 0 amide bonds. The molecule has 0 aromatic heterocycles. The Morgan fingerprint density at radius 1 is 0.469 bits per heavy atom. The third kappa shape index (κ3) is 10.3. The smallest absolute Gasteiger partial charge is 0.370 e. The van der Waals surface area contributed by atoms with Crippen LogP contribution in [0.3, 0.4) is 0 Å². The predicted molar refractivity (Wildman–Crippen MR) is 137 cm³/mol. The van der Waals surface area contributed by atoms with Crippen LogP contribution < -0.4 is 0 Å². The molecule has 188 valence electrons. The normalized spacial score (nSPS) is 24.7. The topological polar surface area (TPSA) is 27.7 Å². The van der Waals surface area contributed by atoms with Crippen molar-refractivity contribution in [1.82, 2.24) is 0 Å². The Bertz CT molecular complexity index is 394. The molecule has 0 unspecified atom stereocenters. The van der Waals surface area contributed by atoms with Crippen LogP contribution in [0.4, 0.5) is 0 Å². The highest BCUT2D eigenvalue weighted by atomic mass is 35.5. The zero-order chi connectivity index (χ0) is 22.3. The molecule has 0 atom stereocenters. The highest BCUT2D eigenvalue weighted by molar-refractivity contribution is 6.61. The van der Waals surface area contributed by atoms with Crippen LogP contribution in [0.1, 0.15) is 141 Å². The molecule has 3 aliphatic carbocycles. The van der Waals surface area contributed by atoms with Crippen LogP contribution in [-0.4, -0.2) is 33.0 Å². The first-order valence-corrected chi connectivity index (χ1v) is 16.9. The summed E-state index contributed by atoms with van der Waals surface area (Å²) in [7, 11) is -2.78. The van der Waals surface area contributed by atoms with E-state index in [1.54, 1.807) is 0 Å². The minimum absolute atomic E-state index is 0.319. The van der Waals surface area contributed by atoms with Crippen molar-refractivity contribution in [2.24, 2.45) is 0 Å². The van der Waals surface area contributed by atoms with Gasteiger partial charge < -0.3 is 13.3 Å². The molecule has 3 nitrogen and oxygen atoms in total. The van der Waals surface area contributed by atoms with Gasteiger partial charge in [0.1, 0.15) is 0 Å². The van der Waals surface area contributed by atoms with E-state index in [9.17, 15) is 0 Å². The summed E-state index contributed by atoms with van der Waals surface area (Å²) in [4.78, 5) is 0. The quantitative estimate of drug-likeness (QED) is 0.240. The Morgan fingerprint density at radius 2 is 0.750 bits per heavy atom. The molecule has 3 rings (SSSR count). The first-order chi connectivity index (χ1) is 15.8. The first-order valence-electron chi connectivity index (χ1n) is 14.4. The lowest BCUT2D eigenvalue weighted by Gasteiger charge is -2.40. The summed E-state index contributed by atoms with van der Waals surface area (Å²) in [6.07, 6.45) is 29.0. The van der Waals surface area contributed by atoms with Gasteiger partial charge in [-0.15, -0.1) is 11.6 Å². The van der Waals surface area contributed by atoms with Crippen molar-refractivity contribution in [2.45, 2.75) is 166 Å². The van der Waals surface area contributed by atoms with Crippen LogP contribution in [0.25, 0.3) is 0 Å². The second kappa shape index (κ2) is 16.1. The second-order valence-corrected chi connectivity index (χ2v) is 13.7. The summed E-state index contributed by atoms with van der Waals surface area (Å²) in [5, 5.41) is 0. The van der Waals surface area contributed by atoms with Crippen molar-refractivity contribution in [3.8, 4) is 0 Å². The standard InChI is InChI=1S/C27H51ClO3Si/c28-23-16-24-32(29-25-17-10-4-1-5-11-18-25,30-26-19-12-6-2-7-13-20-26)31-27-21-14-8-3-9-15-22-27/h25-27H,1-24H2. The first kappa shape index (κ1) is 27.0. The van der Waals surface area contributed by atoms with Crippen molar-refractivity contribution in [3.05, 3.63) is 0 Å². The van der Waals surface area contributed by atoms with Crippen LogP contribution in [0, 0.1) is 0 Å². The van der Waals surface area contributed by atoms with Crippen LogP contribution in [-0.2, 0) is 13.3 Å². The second-order valence-electron chi connectivity index (χ2n) is 10.7. The van der Waals surface area contributed by atoms with E-state index in [1.807, 2.05) is 0 Å². The number of alkyl halides is 1. The summed E-state index contributed by atoms with van der Waals surface area (Å²) in [5.74, 6) is 0.671. The molecule has 0 spiro atoms. The average molecular weight is 487 g/mol. The Hall–Kier alpha value is 0.387. The molecule has 0 heterocycles. The molecule has 3 saturated carbocycles. The van der Waals surface area contributed by atoms with Gasteiger partial charge in [-0.05, 0) is 44.9 Å². The largest absolute Gasteiger partial charge is 0.501 e. The third-order valence-electron chi connectivity index (χ3n) is 7.81. The van der Waals surface area contributed by atoms with Crippen LogP contribution in [0.2, 0.25) is 6.04 Å². The number of hydrogen-bond acceptors (Lipinski definition) is 3. The fraction of sp³-hybridized carbons (Fsp3) is 1.00. The van der Waals surface area contributed by atoms with E-state index in [0.717, 1.165) is 12.5 Å². The van der Waals surface area contributed by atoms with Gasteiger partial charge in [0.15, 0.2) is 0 Å². The lowest BCUT2D eigenvalue weighted by molar-refractivity contribution is -0.0348. The molecule has 0 radical (unpaired) electrons. The highest BCUT2D eigenvalue weighted by Crippen LogP contribution is 2.33. The molecule has 5 heteroatoms. The van der Waals surface area contributed by atoms with Gasteiger partial charge in [-0.1, -0.05) is 96.3 Å². The zero-order valence-electron chi connectivity index (χ0n) is 20.8. The minimum Gasteiger partial charge on any atom is -0.370 e. The summed E-state index contributed by atoms with van der Waals surface area (Å²) in [6.45, 7) is 0. The fourth-order valence-corrected chi connectivity index (χ4v) is 9.63. The molecule has 0 aromatic carbocycles. The van der Waals surface area contributed by atoms with Crippen LogP contribution in [0.15, 0.2) is 0 Å². The molecular weight excluding hydrogens is 436 g/mol. The molecule has 0 aliphatic heterocycles. The lowest BCUT2D eigenvalue weighted by atomic mass is 9.99.